The molecule has 146 valence electrons. The molecule has 1 heteroatoms. The SMILES string of the molecule is C[C@]12CC=CCC1CCC1C2CC[C@@]2(C)C1CC[C@@H]2OCc1ccccc1. The molecular weight excluding hydrogens is 328 g/mol. The quantitative estimate of drug-likeness (QED) is 0.537. The maximum Gasteiger partial charge on any atom is 0.0720 e. The second kappa shape index (κ2) is 6.76. The smallest absolute Gasteiger partial charge is 0.0720 e. The summed E-state index contributed by atoms with van der Waals surface area (Å²) in [5.41, 5.74) is 2.30. The van der Waals surface area contributed by atoms with Crippen LogP contribution in [0, 0.1) is 34.5 Å². The summed E-state index contributed by atoms with van der Waals surface area (Å²) in [4.78, 5) is 0. The molecule has 0 N–H and O–H groups in total. The minimum Gasteiger partial charge on any atom is -0.373 e. The van der Waals surface area contributed by atoms with Gasteiger partial charge < -0.3 is 4.74 Å². The number of hydrogen-bond donors (Lipinski definition) is 0. The van der Waals surface area contributed by atoms with Gasteiger partial charge in [-0.05, 0) is 91.4 Å². The van der Waals surface area contributed by atoms with Gasteiger partial charge in [0, 0.05) is 0 Å². The first-order chi connectivity index (χ1) is 13.1. The van der Waals surface area contributed by atoms with Crippen molar-refractivity contribution in [3.63, 3.8) is 0 Å². The molecule has 1 aromatic carbocycles. The van der Waals surface area contributed by atoms with Crippen LogP contribution >= 0.6 is 0 Å². The first kappa shape index (κ1) is 18.0. The minimum absolute atomic E-state index is 0.406. The molecule has 1 nitrogen and oxygen atoms in total. The lowest BCUT2D eigenvalue weighted by molar-refractivity contribution is -0.124. The van der Waals surface area contributed by atoms with Gasteiger partial charge in [-0.15, -0.1) is 0 Å². The normalized spacial score (nSPS) is 45.8. The monoisotopic (exact) mass is 364 g/mol. The van der Waals surface area contributed by atoms with Gasteiger partial charge in [0.05, 0.1) is 12.7 Å². The van der Waals surface area contributed by atoms with E-state index in [4.69, 9.17) is 4.74 Å². The van der Waals surface area contributed by atoms with Crippen molar-refractivity contribution in [1.29, 1.82) is 0 Å². The topological polar surface area (TPSA) is 9.23 Å². The average molecular weight is 365 g/mol. The van der Waals surface area contributed by atoms with Gasteiger partial charge in [0.25, 0.3) is 0 Å². The maximum absolute atomic E-state index is 6.56. The van der Waals surface area contributed by atoms with Crippen molar-refractivity contribution in [2.45, 2.75) is 77.9 Å². The van der Waals surface area contributed by atoms with Gasteiger partial charge >= 0.3 is 0 Å². The molecule has 0 heterocycles. The summed E-state index contributed by atoms with van der Waals surface area (Å²) in [5.74, 6) is 3.73. The molecule has 3 fully saturated rings. The Hall–Kier alpha value is -1.08. The van der Waals surface area contributed by atoms with E-state index in [9.17, 15) is 0 Å². The average Bonchev–Trinajstić information content (AvgIpc) is 3.03. The Morgan fingerprint density at radius 2 is 1.70 bits per heavy atom. The molecule has 4 unspecified atom stereocenters. The Kier molecular flexibility index (Phi) is 4.50. The van der Waals surface area contributed by atoms with Crippen molar-refractivity contribution < 1.29 is 4.74 Å². The highest BCUT2D eigenvalue weighted by molar-refractivity contribution is 5.15. The molecule has 27 heavy (non-hydrogen) atoms. The lowest BCUT2D eigenvalue weighted by Gasteiger charge is -2.59. The molecule has 5 rings (SSSR count). The zero-order valence-electron chi connectivity index (χ0n) is 17.2. The number of hydrogen-bond acceptors (Lipinski definition) is 1. The van der Waals surface area contributed by atoms with Crippen LogP contribution in [0.1, 0.15) is 70.8 Å². The fourth-order valence-electron chi connectivity index (χ4n) is 7.83. The van der Waals surface area contributed by atoms with Crippen molar-refractivity contribution >= 4 is 0 Å². The second-order valence-electron chi connectivity index (χ2n) is 10.5. The molecule has 3 saturated carbocycles. The first-order valence-corrected chi connectivity index (χ1v) is 11.4. The first-order valence-electron chi connectivity index (χ1n) is 11.4. The standard InChI is InChI=1S/C26H36O/c1-25-16-7-6-10-20(25)11-12-21-22-13-14-24(26(22,2)17-15-23(21)25)27-18-19-8-4-3-5-9-19/h3-9,20-24H,10-18H2,1-2H3/t20?,21?,22?,23?,24-,25-,26-/m0/s1. The van der Waals surface area contributed by atoms with Crippen LogP contribution in [0.3, 0.4) is 0 Å². The van der Waals surface area contributed by atoms with Crippen molar-refractivity contribution in [3.8, 4) is 0 Å². The van der Waals surface area contributed by atoms with Crippen molar-refractivity contribution in [2.75, 3.05) is 0 Å². The molecule has 0 aliphatic heterocycles. The highest BCUT2D eigenvalue weighted by Crippen LogP contribution is 2.66. The Labute approximate surface area is 165 Å². The number of allylic oxidation sites excluding steroid dienone is 2. The highest BCUT2D eigenvalue weighted by Gasteiger charge is 2.59. The van der Waals surface area contributed by atoms with Gasteiger partial charge in [0.1, 0.15) is 0 Å². The Bertz CT molecular complexity index is 693. The van der Waals surface area contributed by atoms with Gasteiger partial charge in [-0.25, -0.2) is 0 Å². The van der Waals surface area contributed by atoms with E-state index < -0.39 is 0 Å². The van der Waals surface area contributed by atoms with E-state index in [1.165, 1.54) is 56.9 Å². The number of benzene rings is 1. The van der Waals surface area contributed by atoms with E-state index in [-0.39, 0.29) is 0 Å². The molecule has 0 bridgehead atoms. The predicted molar refractivity (Wildman–Crippen MR) is 111 cm³/mol. The van der Waals surface area contributed by atoms with Crippen LogP contribution in [-0.2, 0) is 11.3 Å². The zero-order valence-corrected chi connectivity index (χ0v) is 17.2. The van der Waals surface area contributed by atoms with Crippen LogP contribution in [0.4, 0.5) is 0 Å². The van der Waals surface area contributed by atoms with Crippen molar-refractivity contribution in [3.05, 3.63) is 48.0 Å². The Balaban J connectivity index is 1.33. The van der Waals surface area contributed by atoms with Gasteiger partial charge in [0.2, 0.25) is 0 Å². The third kappa shape index (κ3) is 2.84. The minimum atomic E-state index is 0.406. The zero-order chi connectivity index (χ0) is 18.5. The highest BCUT2D eigenvalue weighted by atomic mass is 16.5. The number of rotatable bonds is 3. The molecule has 0 saturated heterocycles. The summed E-state index contributed by atoms with van der Waals surface area (Å²) in [7, 11) is 0. The summed E-state index contributed by atoms with van der Waals surface area (Å²) < 4.78 is 6.56. The fraction of sp³-hybridized carbons (Fsp3) is 0.692. The second-order valence-corrected chi connectivity index (χ2v) is 10.5. The molecule has 0 amide bonds. The van der Waals surface area contributed by atoms with Crippen LogP contribution in [-0.4, -0.2) is 6.10 Å². The van der Waals surface area contributed by atoms with Crippen LogP contribution in [0.2, 0.25) is 0 Å². The molecule has 0 aromatic heterocycles. The summed E-state index contributed by atoms with van der Waals surface area (Å²) in [5, 5.41) is 0. The third-order valence-corrected chi connectivity index (χ3v) is 9.42. The van der Waals surface area contributed by atoms with E-state index in [1.807, 2.05) is 0 Å². The van der Waals surface area contributed by atoms with Gasteiger partial charge in [-0.2, -0.15) is 0 Å². The molecule has 0 spiro atoms. The van der Waals surface area contributed by atoms with E-state index in [2.05, 4.69) is 56.3 Å². The van der Waals surface area contributed by atoms with E-state index in [1.54, 1.807) is 0 Å². The molecule has 0 radical (unpaired) electrons. The molecule has 1 aromatic rings. The third-order valence-electron chi connectivity index (χ3n) is 9.42. The van der Waals surface area contributed by atoms with E-state index in [0.29, 0.717) is 16.9 Å². The van der Waals surface area contributed by atoms with Crippen LogP contribution in [0.15, 0.2) is 42.5 Å². The van der Waals surface area contributed by atoms with Crippen LogP contribution in [0.5, 0.6) is 0 Å². The predicted octanol–water partition coefficient (Wildman–Crippen LogP) is 6.78. The Morgan fingerprint density at radius 1 is 0.889 bits per heavy atom. The van der Waals surface area contributed by atoms with Crippen molar-refractivity contribution in [2.24, 2.45) is 34.5 Å². The maximum atomic E-state index is 6.56. The Morgan fingerprint density at radius 3 is 2.56 bits per heavy atom. The fourth-order valence-corrected chi connectivity index (χ4v) is 7.83. The summed E-state index contributed by atoms with van der Waals surface area (Å²) in [6.07, 6.45) is 16.5. The van der Waals surface area contributed by atoms with E-state index in [0.717, 1.165) is 30.3 Å². The molecule has 4 aliphatic rings. The number of ether oxygens (including phenoxy) is 1. The van der Waals surface area contributed by atoms with Gasteiger partial charge in [-0.1, -0.05) is 56.3 Å². The molecule has 7 atom stereocenters. The summed E-state index contributed by atoms with van der Waals surface area (Å²) >= 11 is 0. The van der Waals surface area contributed by atoms with Crippen LogP contribution in [0.25, 0.3) is 0 Å². The summed E-state index contributed by atoms with van der Waals surface area (Å²) in [6.45, 7) is 6.00. The molecular formula is C26H36O. The van der Waals surface area contributed by atoms with Gasteiger partial charge in [-0.3, -0.25) is 0 Å². The molecule has 4 aliphatic carbocycles. The lowest BCUT2D eigenvalue weighted by atomic mass is 9.46. The summed E-state index contributed by atoms with van der Waals surface area (Å²) in [6, 6.07) is 10.7. The number of fused-ring (bicyclic) bond motifs is 5. The largest absolute Gasteiger partial charge is 0.373 e. The van der Waals surface area contributed by atoms with E-state index >= 15 is 0 Å². The van der Waals surface area contributed by atoms with Crippen LogP contribution < -0.4 is 0 Å². The van der Waals surface area contributed by atoms with Gasteiger partial charge in [0.15, 0.2) is 0 Å². The lowest BCUT2D eigenvalue weighted by Crippen LogP contribution is -2.53. The van der Waals surface area contributed by atoms with Crippen molar-refractivity contribution in [1.82, 2.24) is 0 Å².